The SMILES string of the molecule is C[C@H](NC(=O)CC(O)C(C)(C)C)c1cccc(C(F)(F)F)c1.C[C@H](NC(=O)C[C@@H](O)C(C)(C)C)c1cccc(C(F)(F)F)c1.C[C@H](NC(=O)C[C@H](O)C(C)(C)C)c1cccc(C(F)(F)F)c1. The molecule has 3 aromatic carbocycles. The van der Waals surface area contributed by atoms with Crippen LogP contribution in [0.25, 0.3) is 0 Å². The number of aliphatic hydroxyl groups is 3. The quantitative estimate of drug-likeness (QED) is 0.0997. The normalized spacial score (nSPS) is 15.3. The minimum atomic E-state index is -4.41. The molecule has 0 saturated heterocycles. The zero-order valence-electron chi connectivity index (χ0n) is 39.5. The average Bonchev–Trinajstić information content (AvgIpc) is 3.16. The van der Waals surface area contributed by atoms with Gasteiger partial charge in [-0.3, -0.25) is 14.4 Å². The van der Waals surface area contributed by atoms with Crippen LogP contribution in [0.1, 0.15) is 154 Å². The molecule has 6 N–H and O–H groups in total. The van der Waals surface area contributed by atoms with Crippen molar-refractivity contribution in [1.29, 1.82) is 0 Å². The first kappa shape index (κ1) is 59.3. The van der Waals surface area contributed by atoms with Crippen molar-refractivity contribution in [1.82, 2.24) is 16.0 Å². The molecule has 0 aliphatic heterocycles. The largest absolute Gasteiger partial charge is 0.416 e. The number of rotatable bonds is 12. The van der Waals surface area contributed by atoms with Crippen LogP contribution in [0.5, 0.6) is 0 Å². The van der Waals surface area contributed by atoms with Gasteiger partial charge in [-0.05, 0) is 90.1 Å². The van der Waals surface area contributed by atoms with Crippen LogP contribution in [0.3, 0.4) is 0 Å². The number of benzene rings is 3. The summed E-state index contributed by atoms with van der Waals surface area (Å²) in [6, 6.07) is 12.8. The highest BCUT2D eigenvalue weighted by Gasteiger charge is 2.34. The lowest BCUT2D eigenvalue weighted by molar-refractivity contribution is -0.138. The number of aliphatic hydroxyl groups excluding tert-OH is 3. The standard InChI is InChI=1S/3C16H22F3NO2/c3*1-10(20-14(22)9-13(21)15(2,3)4)11-6-5-7-12(8-11)16(17,18)19/h3*5-8,10,13,21H,9H2,1-4H3,(H,20,22)/t10-,13?;10-,13+;10-,13-/m000/s1. The molecule has 0 aliphatic carbocycles. The molecule has 0 bridgehead atoms. The van der Waals surface area contributed by atoms with Gasteiger partial charge < -0.3 is 31.3 Å². The van der Waals surface area contributed by atoms with Crippen molar-refractivity contribution in [2.75, 3.05) is 0 Å². The van der Waals surface area contributed by atoms with Crippen LogP contribution in [-0.4, -0.2) is 51.4 Å². The Morgan fingerprint density at radius 1 is 0.424 bits per heavy atom. The third kappa shape index (κ3) is 21.3. The van der Waals surface area contributed by atoms with Crippen molar-refractivity contribution < 1.29 is 69.2 Å². The Bertz CT molecular complexity index is 1790. The van der Waals surface area contributed by atoms with Gasteiger partial charge in [0.2, 0.25) is 17.7 Å². The molecule has 9 nitrogen and oxygen atoms in total. The lowest BCUT2D eigenvalue weighted by atomic mass is 9.87. The molecule has 6 atom stereocenters. The van der Waals surface area contributed by atoms with E-state index in [4.69, 9.17) is 0 Å². The minimum absolute atomic E-state index is 0.0905. The van der Waals surface area contributed by atoms with Crippen molar-refractivity contribution >= 4 is 17.7 Å². The number of nitrogens with one attached hydrogen (secondary N) is 3. The summed E-state index contributed by atoms with van der Waals surface area (Å²) in [6.45, 7) is 21.1. The Hall–Kier alpha value is -4.68. The summed E-state index contributed by atoms with van der Waals surface area (Å²) in [5, 5.41) is 37.5. The smallest absolute Gasteiger partial charge is 0.392 e. The Kier molecular flexibility index (Phi) is 21.5. The summed E-state index contributed by atoms with van der Waals surface area (Å²) in [6.07, 6.45) is -16.0. The van der Waals surface area contributed by atoms with Gasteiger partial charge in [-0.1, -0.05) is 98.7 Å². The molecule has 372 valence electrons. The molecule has 3 rings (SSSR count). The number of amides is 3. The highest BCUT2D eigenvalue weighted by molar-refractivity contribution is 5.78. The van der Waals surface area contributed by atoms with Gasteiger partial charge in [0.25, 0.3) is 0 Å². The van der Waals surface area contributed by atoms with Crippen molar-refractivity contribution in [2.24, 2.45) is 16.2 Å². The fraction of sp³-hybridized carbons (Fsp3) is 0.562. The number of halogens is 9. The molecule has 0 fully saturated rings. The van der Waals surface area contributed by atoms with Gasteiger partial charge in [-0.15, -0.1) is 0 Å². The Labute approximate surface area is 382 Å². The van der Waals surface area contributed by atoms with Gasteiger partial charge in [0.15, 0.2) is 0 Å². The van der Waals surface area contributed by atoms with Crippen LogP contribution in [0.15, 0.2) is 72.8 Å². The molecule has 0 saturated carbocycles. The van der Waals surface area contributed by atoms with E-state index in [1.807, 2.05) is 0 Å². The highest BCUT2D eigenvalue weighted by Crippen LogP contribution is 2.33. The van der Waals surface area contributed by atoms with Crippen molar-refractivity contribution in [3.05, 3.63) is 106 Å². The van der Waals surface area contributed by atoms with Crippen LogP contribution in [0.2, 0.25) is 0 Å². The van der Waals surface area contributed by atoms with Crippen LogP contribution >= 0.6 is 0 Å². The molecule has 0 spiro atoms. The predicted molar refractivity (Wildman–Crippen MR) is 234 cm³/mol. The zero-order valence-corrected chi connectivity index (χ0v) is 39.5. The summed E-state index contributed by atoms with van der Waals surface area (Å²) < 4.78 is 114. The first-order chi connectivity index (χ1) is 29.7. The summed E-state index contributed by atoms with van der Waals surface area (Å²) >= 11 is 0. The Balaban J connectivity index is 0.000000495. The van der Waals surface area contributed by atoms with E-state index in [1.165, 1.54) is 36.4 Å². The van der Waals surface area contributed by atoms with Crippen molar-refractivity contribution in [3.63, 3.8) is 0 Å². The molecule has 18 heteroatoms. The second-order valence-corrected chi connectivity index (χ2v) is 19.5. The van der Waals surface area contributed by atoms with Gasteiger partial charge in [0.1, 0.15) is 0 Å². The molecule has 3 amide bonds. The van der Waals surface area contributed by atoms with Crippen LogP contribution in [0, 0.1) is 16.2 Å². The number of carbonyl (C=O) groups excluding carboxylic acids is 3. The number of hydrogen-bond acceptors (Lipinski definition) is 6. The highest BCUT2D eigenvalue weighted by atomic mass is 19.4. The van der Waals surface area contributed by atoms with Crippen molar-refractivity contribution in [3.8, 4) is 0 Å². The van der Waals surface area contributed by atoms with Gasteiger partial charge in [0.05, 0.1) is 72.4 Å². The Morgan fingerprint density at radius 3 is 0.788 bits per heavy atom. The lowest BCUT2D eigenvalue weighted by Gasteiger charge is -2.26. The first-order valence-corrected chi connectivity index (χ1v) is 21.2. The summed E-state index contributed by atoms with van der Waals surface area (Å²) in [5.74, 6) is -1.19. The molecular formula is C48H66F9N3O6. The van der Waals surface area contributed by atoms with E-state index in [0.717, 1.165) is 36.4 Å². The van der Waals surface area contributed by atoms with Gasteiger partial charge in [0, 0.05) is 0 Å². The maximum atomic E-state index is 12.7. The fourth-order valence-corrected chi connectivity index (χ4v) is 5.55. The molecule has 66 heavy (non-hydrogen) atoms. The number of hydrogen-bond donors (Lipinski definition) is 6. The van der Waals surface area contributed by atoms with Crippen molar-refractivity contribution in [2.45, 2.75) is 157 Å². The topological polar surface area (TPSA) is 148 Å². The van der Waals surface area contributed by atoms with Crippen LogP contribution in [0.4, 0.5) is 39.5 Å². The van der Waals surface area contributed by atoms with Gasteiger partial charge in [-0.25, -0.2) is 0 Å². The molecule has 0 radical (unpaired) electrons. The molecular weight excluding hydrogens is 886 g/mol. The van der Waals surface area contributed by atoms with E-state index < -0.39 is 106 Å². The van der Waals surface area contributed by atoms with E-state index in [9.17, 15) is 69.2 Å². The van der Waals surface area contributed by atoms with Gasteiger partial charge in [-0.2, -0.15) is 39.5 Å². The summed E-state index contributed by atoms with van der Waals surface area (Å²) in [4.78, 5) is 35.6. The molecule has 3 aromatic rings. The third-order valence-corrected chi connectivity index (χ3v) is 10.4. The molecule has 1 unspecified atom stereocenters. The fourth-order valence-electron chi connectivity index (χ4n) is 5.55. The second-order valence-electron chi connectivity index (χ2n) is 19.5. The number of carbonyl (C=O) groups is 3. The predicted octanol–water partition coefficient (Wildman–Crippen LogP) is 11.0. The summed E-state index contributed by atoms with van der Waals surface area (Å²) in [5.41, 5.74) is -2.44. The minimum Gasteiger partial charge on any atom is -0.392 e. The first-order valence-electron chi connectivity index (χ1n) is 21.2. The van der Waals surface area contributed by atoms with Crippen LogP contribution < -0.4 is 16.0 Å². The van der Waals surface area contributed by atoms with E-state index in [2.05, 4.69) is 16.0 Å². The lowest BCUT2D eigenvalue weighted by Crippen LogP contribution is -2.35. The zero-order chi connectivity index (χ0) is 51.4. The van der Waals surface area contributed by atoms with E-state index in [-0.39, 0.29) is 19.3 Å². The Morgan fingerprint density at radius 2 is 0.621 bits per heavy atom. The average molecular weight is 952 g/mol. The third-order valence-electron chi connectivity index (χ3n) is 10.4. The maximum Gasteiger partial charge on any atom is 0.416 e. The second kappa shape index (κ2) is 23.9. The monoisotopic (exact) mass is 951 g/mol. The van der Waals surface area contributed by atoms with Crippen LogP contribution in [-0.2, 0) is 32.9 Å². The van der Waals surface area contributed by atoms with E-state index in [0.29, 0.717) is 16.7 Å². The van der Waals surface area contributed by atoms with Gasteiger partial charge >= 0.3 is 18.5 Å². The molecule has 0 aromatic heterocycles. The molecule has 0 aliphatic rings. The molecule has 0 heterocycles. The number of alkyl halides is 9. The summed E-state index contributed by atoms with van der Waals surface area (Å²) in [7, 11) is 0. The maximum absolute atomic E-state index is 12.7. The van der Waals surface area contributed by atoms with E-state index in [1.54, 1.807) is 83.1 Å². The van der Waals surface area contributed by atoms with E-state index >= 15 is 0 Å².